The number of carbonyl (C=O) groups excluding carboxylic acids is 2. The van der Waals surface area contributed by atoms with Gasteiger partial charge >= 0.3 is 11.9 Å². The van der Waals surface area contributed by atoms with E-state index in [-0.39, 0.29) is 16.9 Å². The highest BCUT2D eigenvalue weighted by atomic mass is 32.2. The van der Waals surface area contributed by atoms with Crippen LogP contribution in [0.3, 0.4) is 0 Å². The third-order valence-corrected chi connectivity index (χ3v) is 4.93. The second kappa shape index (κ2) is 8.71. The number of hydrogen-bond donors (Lipinski definition) is 0. The molecular weight excluding hydrogens is 404 g/mol. The highest BCUT2D eigenvalue weighted by molar-refractivity contribution is 7.99. The Morgan fingerprint density at radius 3 is 2.43 bits per heavy atom. The van der Waals surface area contributed by atoms with Crippen molar-refractivity contribution in [2.45, 2.75) is 31.5 Å². The van der Waals surface area contributed by atoms with E-state index in [1.165, 1.54) is 23.8 Å². The lowest BCUT2D eigenvalue weighted by molar-refractivity contribution is -0.151. The van der Waals surface area contributed by atoms with E-state index < -0.39 is 17.5 Å². The maximum atomic E-state index is 13.3. The molecule has 0 saturated carbocycles. The number of nitrogens with zero attached hydrogens (tertiary/aromatic N) is 2. The van der Waals surface area contributed by atoms with Gasteiger partial charge in [-0.3, -0.25) is 14.2 Å². The molecule has 156 valence electrons. The van der Waals surface area contributed by atoms with Gasteiger partial charge in [-0.15, -0.1) is 0 Å². The maximum absolute atomic E-state index is 13.3. The minimum atomic E-state index is -0.608. The van der Waals surface area contributed by atoms with Gasteiger partial charge in [0.15, 0.2) is 5.16 Å². The number of rotatable bonds is 5. The van der Waals surface area contributed by atoms with Gasteiger partial charge in [-0.1, -0.05) is 30.0 Å². The lowest BCUT2D eigenvalue weighted by Crippen LogP contribution is -2.26. The monoisotopic (exact) mass is 426 g/mol. The van der Waals surface area contributed by atoms with E-state index in [1.54, 1.807) is 39.0 Å². The van der Waals surface area contributed by atoms with Gasteiger partial charge in [0, 0.05) is 0 Å². The Bertz CT molecular complexity index is 1150. The smallest absolute Gasteiger partial charge is 0.337 e. The predicted octanol–water partition coefficient (Wildman–Crippen LogP) is 3.61. The number of thioether (sulfide) groups is 1. The first kappa shape index (κ1) is 21.6. The molecule has 0 bridgehead atoms. The predicted molar refractivity (Wildman–Crippen MR) is 115 cm³/mol. The molecule has 0 fully saturated rings. The minimum absolute atomic E-state index is 0.0151. The molecule has 0 saturated heterocycles. The largest absolute Gasteiger partial charge is 0.465 e. The van der Waals surface area contributed by atoms with E-state index in [1.807, 2.05) is 18.2 Å². The number of methoxy groups -OCH3 is 1. The van der Waals surface area contributed by atoms with Crippen molar-refractivity contribution in [1.82, 2.24) is 9.55 Å². The second-order valence-corrected chi connectivity index (χ2v) is 8.41. The van der Waals surface area contributed by atoms with Crippen molar-refractivity contribution in [2.75, 3.05) is 12.9 Å². The van der Waals surface area contributed by atoms with Crippen LogP contribution in [-0.4, -0.2) is 40.0 Å². The summed E-state index contributed by atoms with van der Waals surface area (Å²) in [6.45, 7) is 5.37. The highest BCUT2D eigenvalue weighted by Crippen LogP contribution is 2.23. The summed E-state index contributed by atoms with van der Waals surface area (Å²) >= 11 is 1.10. The van der Waals surface area contributed by atoms with E-state index in [0.29, 0.717) is 21.7 Å². The second-order valence-electron chi connectivity index (χ2n) is 7.47. The minimum Gasteiger partial charge on any atom is -0.465 e. The number of para-hydroxylation sites is 1. The number of hydrogen-bond acceptors (Lipinski definition) is 7. The maximum Gasteiger partial charge on any atom is 0.337 e. The van der Waals surface area contributed by atoms with E-state index >= 15 is 0 Å². The molecule has 3 aromatic rings. The van der Waals surface area contributed by atoms with E-state index in [9.17, 15) is 14.4 Å². The Morgan fingerprint density at radius 1 is 1.10 bits per heavy atom. The van der Waals surface area contributed by atoms with Crippen molar-refractivity contribution in [2.24, 2.45) is 0 Å². The SMILES string of the molecule is COC(=O)c1ccc2c(=O)n(-c3ccccc3)c(SCC(=O)OC(C)(C)C)nc2c1. The molecule has 0 unspecified atom stereocenters. The van der Waals surface area contributed by atoms with Crippen molar-refractivity contribution in [3.63, 3.8) is 0 Å². The first-order chi connectivity index (χ1) is 14.2. The van der Waals surface area contributed by atoms with Crippen LogP contribution < -0.4 is 5.56 Å². The Morgan fingerprint density at radius 2 is 1.80 bits per heavy atom. The fourth-order valence-corrected chi connectivity index (χ4v) is 3.59. The molecule has 0 aliphatic heterocycles. The Kier molecular flexibility index (Phi) is 6.26. The standard InChI is InChI=1S/C22H22N2O5S/c1-22(2,3)29-18(25)13-30-21-23-17-12-14(20(27)28-4)10-11-16(17)19(26)24(21)15-8-6-5-7-9-15/h5-12H,13H2,1-4H3. The Balaban J connectivity index is 2.10. The summed E-state index contributed by atoms with van der Waals surface area (Å²) in [7, 11) is 1.29. The molecule has 0 aliphatic rings. The molecule has 2 aromatic carbocycles. The number of esters is 2. The summed E-state index contributed by atoms with van der Waals surface area (Å²) in [5.74, 6) is -0.947. The van der Waals surface area contributed by atoms with E-state index in [0.717, 1.165) is 11.8 Å². The quantitative estimate of drug-likeness (QED) is 0.350. The van der Waals surface area contributed by atoms with Gasteiger partial charge in [0.05, 0.1) is 35.0 Å². The number of carbonyl (C=O) groups is 2. The summed E-state index contributed by atoms with van der Waals surface area (Å²) in [5.41, 5.74) is 0.359. The molecular formula is C22H22N2O5S. The molecule has 1 aromatic heterocycles. The summed E-state index contributed by atoms with van der Waals surface area (Å²) < 4.78 is 11.6. The number of fused-ring (bicyclic) bond motifs is 1. The van der Waals surface area contributed by atoms with Crippen LogP contribution in [0.1, 0.15) is 31.1 Å². The van der Waals surface area contributed by atoms with Gasteiger partial charge in [-0.2, -0.15) is 0 Å². The summed E-state index contributed by atoms with van der Waals surface area (Å²) in [6, 6.07) is 13.6. The van der Waals surface area contributed by atoms with Crippen LogP contribution in [0, 0.1) is 0 Å². The van der Waals surface area contributed by atoms with Crippen LogP contribution in [-0.2, 0) is 14.3 Å². The molecule has 0 radical (unpaired) electrons. The van der Waals surface area contributed by atoms with Crippen molar-refractivity contribution in [1.29, 1.82) is 0 Å². The van der Waals surface area contributed by atoms with Crippen molar-refractivity contribution >= 4 is 34.6 Å². The van der Waals surface area contributed by atoms with Crippen LogP contribution in [0.25, 0.3) is 16.6 Å². The molecule has 0 atom stereocenters. The normalized spacial score (nSPS) is 11.3. The molecule has 0 N–H and O–H groups in total. The fourth-order valence-electron chi connectivity index (χ4n) is 2.81. The van der Waals surface area contributed by atoms with E-state index in [4.69, 9.17) is 9.47 Å². The topological polar surface area (TPSA) is 87.5 Å². The summed E-state index contributed by atoms with van der Waals surface area (Å²) in [5, 5.41) is 0.680. The first-order valence-electron chi connectivity index (χ1n) is 9.25. The van der Waals surface area contributed by atoms with Crippen molar-refractivity contribution in [3.8, 4) is 5.69 Å². The third kappa shape index (κ3) is 4.88. The average molecular weight is 426 g/mol. The van der Waals surface area contributed by atoms with Gasteiger partial charge in [0.2, 0.25) is 0 Å². The number of benzene rings is 2. The lowest BCUT2D eigenvalue weighted by Gasteiger charge is -2.19. The molecule has 0 spiro atoms. The van der Waals surface area contributed by atoms with Crippen molar-refractivity contribution in [3.05, 3.63) is 64.4 Å². The zero-order valence-electron chi connectivity index (χ0n) is 17.2. The molecule has 1 heterocycles. The fraction of sp³-hybridized carbons (Fsp3) is 0.273. The molecule has 7 nitrogen and oxygen atoms in total. The lowest BCUT2D eigenvalue weighted by atomic mass is 10.1. The van der Waals surface area contributed by atoms with Crippen LogP contribution in [0.4, 0.5) is 0 Å². The summed E-state index contributed by atoms with van der Waals surface area (Å²) in [4.78, 5) is 41.9. The van der Waals surface area contributed by atoms with Gasteiger partial charge in [-0.05, 0) is 51.1 Å². The van der Waals surface area contributed by atoms with Gasteiger partial charge in [0.1, 0.15) is 5.60 Å². The Labute approximate surface area is 178 Å². The van der Waals surface area contributed by atoms with Gasteiger partial charge in [0.25, 0.3) is 5.56 Å². The number of aromatic nitrogens is 2. The zero-order valence-corrected chi connectivity index (χ0v) is 18.0. The van der Waals surface area contributed by atoms with Crippen LogP contribution in [0.5, 0.6) is 0 Å². The molecule has 30 heavy (non-hydrogen) atoms. The van der Waals surface area contributed by atoms with Crippen LogP contribution >= 0.6 is 11.8 Å². The van der Waals surface area contributed by atoms with Crippen molar-refractivity contribution < 1.29 is 19.1 Å². The first-order valence-corrected chi connectivity index (χ1v) is 10.2. The molecule has 0 aliphatic carbocycles. The third-order valence-electron chi connectivity index (χ3n) is 4.01. The number of ether oxygens (including phenoxy) is 2. The molecule has 3 rings (SSSR count). The Hall–Kier alpha value is -3.13. The summed E-state index contributed by atoms with van der Waals surface area (Å²) in [6.07, 6.45) is 0. The van der Waals surface area contributed by atoms with Gasteiger partial charge < -0.3 is 9.47 Å². The zero-order chi connectivity index (χ0) is 21.9. The molecule has 0 amide bonds. The highest BCUT2D eigenvalue weighted by Gasteiger charge is 2.19. The van der Waals surface area contributed by atoms with Crippen LogP contribution in [0.2, 0.25) is 0 Å². The average Bonchev–Trinajstić information content (AvgIpc) is 2.70. The van der Waals surface area contributed by atoms with Crippen LogP contribution in [0.15, 0.2) is 58.5 Å². The molecule has 8 heteroatoms. The van der Waals surface area contributed by atoms with Gasteiger partial charge in [-0.25, -0.2) is 9.78 Å². The van der Waals surface area contributed by atoms with E-state index in [2.05, 4.69) is 4.98 Å².